The van der Waals surface area contributed by atoms with Gasteiger partial charge in [-0.1, -0.05) is 0 Å². The van der Waals surface area contributed by atoms with Gasteiger partial charge in [0.1, 0.15) is 0 Å². The molecule has 94 valence electrons. The molecule has 18 heavy (non-hydrogen) atoms. The molecule has 3 nitrogen and oxygen atoms in total. The van der Waals surface area contributed by atoms with Crippen molar-refractivity contribution < 1.29 is 9.47 Å². The van der Waals surface area contributed by atoms with Crippen molar-refractivity contribution in [2.75, 3.05) is 19.9 Å². The summed E-state index contributed by atoms with van der Waals surface area (Å²) >= 11 is 3.14. The summed E-state index contributed by atoms with van der Waals surface area (Å²) in [7, 11) is 0. The van der Waals surface area contributed by atoms with Gasteiger partial charge in [-0.3, -0.25) is 0 Å². The van der Waals surface area contributed by atoms with Crippen molar-refractivity contribution in [2.45, 2.75) is 12.8 Å². The first-order valence-electron chi connectivity index (χ1n) is 6.19. The zero-order valence-electron chi connectivity index (χ0n) is 10.1. The van der Waals surface area contributed by atoms with Crippen LogP contribution in [0.3, 0.4) is 0 Å². The van der Waals surface area contributed by atoms with Gasteiger partial charge in [0.2, 0.25) is 0 Å². The molecule has 2 aliphatic heterocycles. The van der Waals surface area contributed by atoms with Crippen LogP contribution < -0.4 is 9.47 Å². The summed E-state index contributed by atoms with van der Waals surface area (Å²) in [5.41, 5.74) is 1.13. The molecule has 2 aliphatic rings. The molecule has 1 saturated heterocycles. The average molecular weight is 308 g/mol. The van der Waals surface area contributed by atoms with Gasteiger partial charge in [0.25, 0.3) is 0 Å². The minimum absolute atomic E-state index is 0.329. The molecule has 0 amide bonds. The van der Waals surface area contributed by atoms with Gasteiger partial charge in [0.05, 0.1) is 0 Å². The molecule has 0 unspecified atom stereocenters. The van der Waals surface area contributed by atoms with Crippen molar-refractivity contribution in [1.82, 2.24) is 4.90 Å². The number of rotatable bonds is 3. The van der Waals surface area contributed by atoms with Gasteiger partial charge in [0, 0.05) is 0 Å². The Kier molecular flexibility index (Phi) is 3.39. The van der Waals surface area contributed by atoms with E-state index in [1.54, 1.807) is 0 Å². The third kappa shape index (κ3) is 2.45. The molecule has 0 bridgehead atoms. The molecule has 0 N–H and O–H groups in total. The third-order valence-electron chi connectivity index (χ3n) is 3.23. The van der Waals surface area contributed by atoms with E-state index >= 15 is 0 Å². The van der Waals surface area contributed by atoms with Crippen LogP contribution in [0.25, 0.3) is 6.08 Å². The topological polar surface area (TPSA) is 21.7 Å². The van der Waals surface area contributed by atoms with Gasteiger partial charge in [-0.05, 0) is 0 Å². The van der Waals surface area contributed by atoms with Crippen molar-refractivity contribution in [3.05, 3.63) is 29.8 Å². The molecule has 3 rings (SSSR count). The Morgan fingerprint density at radius 1 is 1.17 bits per heavy atom. The molecule has 1 aromatic carbocycles. The molecule has 0 spiro atoms. The number of hydrogen-bond donors (Lipinski definition) is 0. The van der Waals surface area contributed by atoms with Crippen LogP contribution in [0.2, 0.25) is 0 Å². The Hall–Kier alpha value is -1.25. The van der Waals surface area contributed by atoms with Gasteiger partial charge < -0.3 is 0 Å². The maximum atomic E-state index is 5.36. The molecular formula is C14H15NO2Se. The van der Waals surface area contributed by atoms with Crippen molar-refractivity contribution >= 4 is 26.2 Å². The average Bonchev–Trinajstić information content (AvgIpc) is 3.05. The van der Waals surface area contributed by atoms with Crippen LogP contribution in [0, 0.1) is 0 Å². The van der Waals surface area contributed by atoms with Crippen molar-refractivity contribution in [1.29, 1.82) is 0 Å². The summed E-state index contributed by atoms with van der Waals surface area (Å²) in [6, 6.07) is 6.01. The zero-order valence-corrected chi connectivity index (χ0v) is 11.8. The molecule has 0 saturated carbocycles. The fourth-order valence-corrected chi connectivity index (χ4v) is 2.75. The number of nitrogens with zero attached hydrogens (tertiary/aromatic N) is 1. The van der Waals surface area contributed by atoms with Gasteiger partial charge in [-0.25, -0.2) is 0 Å². The Labute approximate surface area is 115 Å². The molecule has 0 radical (unpaired) electrons. The molecule has 1 aromatic rings. The van der Waals surface area contributed by atoms with E-state index in [9.17, 15) is 0 Å². The van der Waals surface area contributed by atoms with Crippen LogP contribution in [-0.4, -0.2) is 44.9 Å². The number of hydrogen-bond acceptors (Lipinski definition) is 3. The minimum atomic E-state index is 0.329. The summed E-state index contributed by atoms with van der Waals surface area (Å²) in [6.45, 7) is 2.65. The number of fused-ring (bicyclic) bond motifs is 1. The second kappa shape index (κ2) is 5.17. The molecular weight excluding hydrogens is 293 g/mol. The first kappa shape index (κ1) is 11.8. The normalized spacial score (nSPS) is 17.7. The van der Waals surface area contributed by atoms with Crippen molar-refractivity contribution in [3.8, 4) is 11.5 Å². The van der Waals surface area contributed by atoms with E-state index in [-0.39, 0.29) is 0 Å². The van der Waals surface area contributed by atoms with Crippen molar-refractivity contribution in [3.63, 3.8) is 0 Å². The van der Waals surface area contributed by atoms with Crippen LogP contribution >= 0.6 is 0 Å². The molecule has 4 heteroatoms. The Morgan fingerprint density at radius 3 is 2.78 bits per heavy atom. The standard InChI is InChI=1S/C14H15NO2Se/c18-14(15-7-1-2-8-15)6-4-11-3-5-12-13(9-11)17-10-16-12/h3-6,9H,1-2,7-8,10H2/b6-4+. The monoisotopic (exact) mass is 309 g/mol. The van der Waals surface area contributed by atoms with E-state index in [0.29, 0.717) is 6.79 Å². The zero-order chi connectivity index (χ0) is 12.4. The Balaban J connectivity index is 1.70. The first-order chi connectivity index (χ1) is 8.83. The van der Waals surface area contributed by atoms with E-state index in [0.717, 1.165) is 30.2 Å². The van der Waals surface area contributed by atoms with Crippen LogP contribution in [-0.2, 0) is 0 Å². The molecule has 0 aromatic heterocycles. The second-order valence-electron chi connectivity index (χ2n) is 4.48. The predicted octanol–water partition coefficient (Wildman–Crippen LogP) is 1.82. The summed E-state index contributed by atoms with van der Waals surface area (Å²) in [5.74, 6) is 1.67. The third-order valence-corrected chi connectivity index (χ3v) is 4.06. The first-order valence-corrected chi connectivity index (χ1v) is 7.05. The molecule has 0 aliphatic carbocycles. The summed E-state index contributed by atoms with van der Waals surface area (Å²) in [4.78, 5) is 2.38. The quantitative estimate of drug-likeness (QED) is 0.795. The van der Waals surface area contributed by atoms with Gasteiger partial charge in [-0.2, -0.15) is 0 Å². The Morgan fingerprint density at radius 2 is 1.94 bits per heavy atom. The fraction of sp³-hybridized carbons (Fsp3) is 0.357. The van der Waals surface area contributed by atoms with E-state index in [2.05, 4.69) is 32.6 Å². The van der Waals surface area contributed by atoms with Crippen LogP contribution in [0.15, 0.2) is 24.3 Å². The van der Waals surface area contributed by atoms with Crippen LogP contribution in [0.4, 0.5) is 0 Å². The molecule has 1 fully saturated rings. The van der Waals surface area contributed by atoms with Gasteiger partial charge in [-0.15, -0.1) is 0 Å². The fourth-order valence-electron chi connectivity index (χ4n) is 2.23. The van der Waals surface area contributed by atoms with Crippen LogP contribution in [0.1, 0.15) is 18.4 Å². The summed E-state index contributed by atoms with van der Waals surface area (Å²) < 4.78 is 11.9. The van der Waals surface area contributed by atoms with Crippen molar-refractivity contribution in [2.24, 2.45) is 0 Å². The second-order valence-corrected chi connectivity index (χ2v) is 5.36. The predicted molar refractivity (Wildman–Crippen MR) is 73.2 cm³/mol. The van der Waals surface area contributed by atoms with E-state index in [4.69, 9.17) is 9.47 Å². The maximum absolute atomic E-state index is 5.36. The summed E-state index contributed by atoms with van der Waals surface area (Å²) in [6.07, 6.45) is 6.82. The number of ether oxygens (including phenoxy) is 2. The molecule has 0 atom stereocenters. The Bertz CT molecular complexity index is 493. The number of likely N-dealkylation sites (tertiary alicyclic amines) is 1. The SMILES string of the molecule is [Se]=C(/C=C/c1ccc2c(c1)OCO2)N1CCCC1. The van der Waals surface area contributed by atoms with Crippen LogP contribution in [0.5, 0.6) is 11.5 Å². The number of benzene rings is 1. The van der Waals surface area contributed by atoms with E-state index < -0.39 is 0 Å². The van der Waals surface area contributed by atoms with E-state index in [1.165, 1.54) is 17.4 Å². The molecule has 2 heterocycles. The summed E-state index contributed by atoms with van der Waals surface area (Å²) in [5, 5.41) is 0. The van der Waals surface area contributed by atoms with Gasteiger partial charge in [0.15, 0.2) is 0 Å². The van der Waals surface area contributed by atoms with E-state index in [1.807, 2.05) is 18.2 Å². The van der Waals surface area contributed by atoms with Gasteiger partial charge >= 0.3 is 115 Å².